The molecule has 1 fully saturated rings. The molecule has 1 aliphatic rings. The van der Waals surface area contributed by atoms with Crippen LogP contribution in [-0.4, -0.2) is 18.1 Å². The van der Waals surface area contributed by atoms with E-state index >= 15 is 0 Å². The quantitative estimate of drug-likeness (QED) is 0.826. The Morgan fingerprint density at radius 2 is 2.19 bits per heavy atom. The average molecular weight is 220 g/mol. The Morgan fingerprint density at radius 1 is 1.38 bits per heavy atom. The maximum Gasteiger partial charge on any atom is 0.0891 e. The van der Waals surface area contributed by atoms with Gasteiger partial charge >= 0.3 is 0 Å². The Bertz CT molecular complexity index is 304. The van der Waals surface area contributed by atoms with Crippen LogP contribution >= 0.6 is 0 Å². The first-order valence-electron chi connectivity index (χ1n) is 6.08. The van der Waals surface area contributed by atoms with Gasteiger partial charge in [-0.05, 0) is 31.5 Å². The topological polar surface area (TPSA) is 34.1 Å². The maximum atomic E-state index is 5.81. The van der Waals surface area contributed by atoms with Gasteiger partial charge in [0.25, 0.3) is 0 Å². The number of nitrogens with one attached hydrogen (secondary N) is 1. The van der Waals surface area contributed by atoms with Crippen molar-refractivity contribution in [1.82, 2.24) is 10.3 Å². The standard InChI is InChI=1S/C13H20N2O/c1-14-8-11-6-7-12(15-9-11)10-16-13-4-2-3-5-13/h6-7,9,13-14H,2-5,8,10H2,1H3. The second-order valence-corrected chi connectivity index (χ2v) is 4.41. The number of pyridine rings is 1. The van der Waals surface area contributed by atoms with Gasteiger partial charge in [-0.15, -0.1) is 0 Å². The summed E-state index contributed by atoms with van der Waals surface area (Å²) in [6.45, 7) is 1.53. The minimum atomic E-state index is 0.471. The summed E-state index contributed by atoms with van der Waals surface area (Å²) >= 11 is 0. The molecule has 1 aliphatic carbocycles. The van der Waals surface area contributed by atoms with Crippen molar-refractivity contribution in [3.05, 3.63) is 29.6 Å². The maximum absolute atomic E-state index is 5.81. The molecule has 0 unspecified atom stereocenters. The molecule has 1 heterocycles. The average Bonchev–Trinajstić information content (AvgIpc) is 2.82. The Balaban J connectivity index is 1.80. The molecule has 3 heteroatoms. The summed E-state index contributed by atoms with van der Waals surface area (Å²) in [5.74, 6) is 0. The zero-order chi connectivity index (χ0) is 11.2. The van der Waals surface area contributed by atoms with E-state index in [4.69, 9.17) is 4.74 Å². The highest BCUT2D eigenvalue weighted by Gasteiger charge is 2.15. The highest BCUT2D eigenvalue weighted by Crippen LogP contribution is 2.21. The fourth-order valence-corrected chi connectivity index (χ4v) is 2.11. The molecule has 16 heavy (non-hydrogen) atoms. The van der Waals surface area contributed by atoms with Gasteiger partial charge in [0, 0.05) is 12.7 Å². The molecule has 1 saturated carbocycles. The number of hydrogen-bond acceptors (Lipinski definition) is 3. The van der Waals surface area contributed by atoms with Crippen molar-refractivity contribution in [2.45, 2.75) is 44.9 Å². The molecule has 0 amide bonds. The molecule has 0 bridgehead atoms. The van der Waals surface area contributed by atoms with Crippen LogP contribution in [0.25, 0.3) is 0 Å². The van der Waals surface area contributed by atoms with Crippen molar-refractivity contribution in [2.24, 2.45) is 0 Å². The summed E-state index contributed by atoms with van der Waals surface area (Å²) < 4.78 is 5.81. The number of hydrogen-bond donors (Lipinski definition) is 1. The molecule has 3 nitrogen and oxygen atoms in total. The van der Waals surface area contributed by atoms with Crippen LogP contribution in [0.15, 0.2) is 18.3 Å². The van der Waals surface area contributed by atoms with E-state index < -0.39 is 0 Å². The van der Waals surface area contributed by atoms with Crippen LogP contribution in [0.5, 0.6) is 0 Å². The van der Waals surface area contributed by atoms with Crippen molar-refractivity contribution >= 4 is 0 Å². The first-order valence-corrected chi connectivity index (χ1v) is 6.08. The Labute approximate surface area is 97.2 Å². The normalized spacial score (nSPS) is 16.8. The smallest absolute Gasteiger partial charge is 0.0891 e. The number of rotatable bonds is 5. The molecular formula is C13H20N2O. The largest absolute Gasteiger partial charge is 0.372 e. The van der Waals surface area contributed by atoms with E-state index in [0.717, 1.165) is 12.2 Å². The second kappa shape index (κ2) is 5.97. The molecule has 88 valence electrons. The zero-order valence-electron chi connectivity index (χ0n) is 9.91. The van der Waals surface area contributed by atoms with Crippen molar-refractivity contribution in [2.75, 3.05) is 7.05 Å². The molecule has 1 N–H and O–H groups in total. The summed E-state index contributed by atoms with van der Waals surface area (Å²) in [4.78, 5) is 4.39. The van der Waals surface area contributed by atoms with Crippen LogP contribution < -0.4 is 5.32 Å². The van der Waals surface area contributed by atoms with E-state index in [1.54, 1.807) is 0 Å². The van der Waals surface area contributed by atoms with Gasteiger partial charge in [-0.1, -0.05) is 18.9 Å². The first kappa shape index (κ1) is 11.6. The Hall–Kier alpha value is -0.930. The molecular weight excluding hydrogens is 200 g/mol. The second-order valence-electron chi connectivity index (χ2n) is 4.41. The molecule has 0 aliphatic heterocycles. The van der Waals surface area contributed by atoms with E-state index in [-0.39, 0.29) is 0 Å². The lowest BCUT2D eigenvalue weighted by Crippen LogP contribution is -2.09. The Kier molecular flexibility index (Phi) is 4.31. The van der Waals surface area contributed by atoms with Crippen molar-refractivity contribution in [1.29, 1.82) is 0 Å². The monoisotopic (exact) mass is 220 g/mol. The fourth-order valence-electron chi connectivity index (χ4n) is 2.11. The van der Waals surface area contributed by atoms with Gasteiger partial charge < -0.3 is 10.1 Å². The summed E-state index contributed by atoms with van der Waals surface area (Å²) in [6, 6.07) is 4.17. The number of aromatic nitrogens is 1. The van der Waals surface area contributed by atoms with Crippen molar-refractivity contribution in [3.63, 3.8) is 0 Å². The lowest BCUT2D eigenvalue weighted by atomic mass is 10.2. The molecule has 1 aromatic heterocycles. The minimum Gasteiger partial charge on any atom is -0.372 e. The minimum absolute atomic E-state index is 0.471. The highest BCUT2D eigenvalue weighted by atomic mass is 16.5. The van der Waals surface area contributed by atoms with E-state index in [2.05, 4.69) is 22.4 Å². The van der Waals surface area contributed by atoms with Gasteiger partial charge in [0.05, 0.1) is 18.4 Å². The summed E-state index contributed by atoms with van der Waals surface area (Å²) in [5.41, 5.74) is 2.25. The molecule has 0 aromatic carbocycles. The first-order chi connectivity index (χ1) is 7.88. The highest BCUT2D eigenvalue weighted by molar-refractivity contribution is 5.13. The Morgan fingerprint density at radius 3 is 2.81 bits per heavy atom. The SMILES string of the molecule is CNCc1ccc(COC2CCCC2)nc1. The van der Waals surface area contributed by atoms with Crippen LogP contribution in [0.2, 0.25) is 0 Å². The predicted octanol–water partition coefficient (Wildman–Crippen LogP) is 2.26. The lowest BCUT2D eigenvalue weighted by Gasteiger charge is -2.10. The molecule has 0 radical (unpaired) electrons. The third kappa shape index (κ3) is 3.29. The van der Waals surface area contributed by atoms with Crippen LogP contribution in [0.1, 0.15) is 36.9 Å². The van der Waals surface area contributed by atoms with Gasteiger partial charge in [-0.2, -0.15) is 0 Å². The molecule has 1 aromatic rings. The third-order valence-electron chi connectivity index (χ3n) is 3.04. The van der Waals surface area contributed by atoms with Crippen LogP contribution in [0.3, 0.4) is 0 Å². The molecule has 0 spiro atoms. The van der Waals surface area contributed by atoms with Crippen LogP contribution in [0.4, 0.5) is 0 Å². The molecule has 0 atom stereocenters. The predicted molar refractivity (Wildman–Crippen MR) is 64.0 cm³/mol. The van der Waals surface area contributed by atoms with E-state index in [9.17, 15) is 0 Å². The van der Waals surface area contributed by atoms with Gasteiger partial charge in [-0.25, -0.2) is 0 Å². The van der Waals surface area contributed by atoms with Crippen LogP contribution in [-0.2, 0) is 17.9 Å². The van der Waals surface area contributed by atoms with E-state index in [1.165, 1.54) is 31.2 Å². The summed E-state index contributed by atoms with van der Waals surface area (Å²) in [7, 11) is 1.94. The zero-order valence-corrected chi connectivity index (χ0v) is 9.91. The van der Waals surface area contributed by atoms with Crippen molar-refractivity contribution < 1.29 is 4.74 Å². The summed E-state index contributed by atoms with van der Waals surface area (Å²) in [6.07, 6.45) is 7.47. The third-order valence-corrected chi connectivity index (χ3v) is 3.04. The van der Waals surface area contributed by atoms with Gasteiger partial charge in [0.2, 0.25) is 0 Å². The molecule has 2 rings (SSSR count). The number of ether oxygens (including phenoxy) is 1. The van der Waals surface area contributed by atoms with E-state index in [1.807, 2.05) is 13.2 Å². The van der Waals surface area contributed by atoms with Gasteiger partial charge in [0.15, 0.2) is 0 Å². The molecule has 0 saturated heterocycles. The lowest BCUT2D eigenvalue weighted by molar-refractivity contribution is 0.0438. The van der Waals surface area contributed by atoms with E-state index in [0.29, 0.717) is 12.7 Å². The van der Waals surface area contributed by atoms with Crippen LogP contribution in [0, 0.1) is 0 Å². The van der Waals surface area contributed by atoms with Crippen molar-refractivity contribution in [3.8, 4) is 0 Å². The van der Waals surface area contributed by atoms with Gasteiger partial charge in [-0.3, -0.25) is 4.98 Å². The van der Waals surface area contributed by atoms with Gasteiger partial charge in [0.1, 0.15) is 0 Å². The fraction of sp³-hybridized carbons (Fsp3) is 0.615. The summed E-state index contributed by atoms with van der Waals surface area (Å²) in [5, 5.41) is 3.11. The number of nitrogens with zero attached hydrogens (tertiary/aromatic N) is 1.